The van der Waals surface area contributed by atoms with Crippen LogP contribution in [-0.4, -0.2) is 74.6 Å². The average Bonchev–Trinajstić information content (AvgIpc) is 2.48. The first-order chi connectivity index (χ1) is 9.18. The van der Waals surface area contributed by atoms with Gasteiger partial charge in [0, 0.05) is 26.7 Å². The molecule has 2 aliphatic rings. The molecular weight excluding hydrogens is 246 g/mol. The number of ether oxygens (including phenoxy) is 1. The summed E-state index contributed by atoms with van der Waals surface area (Å²) in [5.41, 5.74) is 0. The van der Waals surface area contributed by atoms with Crippen LogP contribution < -0.4 is 5.32 Å². The van der Waals surface area contributed by atoms with Crippen LogP contribution in [0, 0.1) is 5.92 Å². The molecule has 108 valence electrons. The summed E-state index contributed by atoms with van der Waals surface area (Å²) in [7, 11) is 1.72. The molecule has 1 N–H and O–H groups in total. The van der Waals surface area contributed by atoms with Crippen molar-refractivity contribution in [1.29, 1.82) is 0 Å². The maximum absolute atomic E-state index is 12.2. The third-order valence-electron chi connectivity index (χ3n) is 3.76. The van der Waals surface area contributed by atoms with Crippen LogP contribution in [0.4, 0.5) is 0 Å². The molecule has 2 heterocycles. The number of morpholine rings is 1. The van der Waals surface area contributed by atoms with Crippen LogP contribution in [0.5, 0.6) is 0 Å². The average molecular weight is 269 g/mol. The summed E-state index contributed by atoms with van der Waals surface area (Å²) in [5.74, 6) is 0.118. The molecule has 2 amide bonds. The third kappa shape index (κ3) is 3.91. The van der Waals surface area contributed by atoms with E-state index < -0.39 is 0 Å². The number of hydrogen-bond acceptors (Lipinski definition) is 4. The van der Waals surface area contributed by atoms with E-state index in [2.05, 4.69) is 5.32 Å². The third-order valence-corrected chi connectivity index (χ3v) is 3.76. The number of likely N-dealkylation sites (N-methyl/N-ethyl adjacent to an activating group) is 1. The monoisotopic (exact) mass is 269 g/mol. The van der Waals surface area contributed by atoms with Crippen molar-refractivity contribution in [3.05, 3.63) is 0 Å². The summed E-state index contributed by atoms with van der Waals surface area (Å²) in [6.07, 6.45) is 1.95. The van der Waals surface area contributed by atoms with E-state index in [1.54, 1.807) is 16.8 Å². The minimum Gasteiger partial charge on any atom is -0.378 e. The SMILES string of the molecule is CN(CC(=O)N1CCOCC1)C(=O)C1CCCNC1. The van der Waals surface area contributed by atoms with Gasteiger partial charge in [0.1, 0.15) is 0 Å². The summed E-state index contributed by atoms with van der Waals surface area (Å²) >= 11 is 0. The van der Waals surface area contributed by atoms with Crippen molar-refractivity contribution in [3.63, 3.8) is 0 Å². The zero-order chi connectivity index (χ0) is 13.7. The van der Waals surface area contributed by atoms with Crippen molar-refractivity contribution in [1.82, 2.24) is 15.1 Å². The normalized spacial score (nSPS) is 24.1. The predicted octanol–water partition coefficient (Wildman–Crippen LogP) is -0.697. The molecule has 0 aromatic heterocycles. The lowest BCUT2D eigenvalue weighted by molar-refractivity contribution is -0.144. The fraction of sp³-hybridized carbons (Fsp3) is 0.846. The highest BCUT2D eigenvalue weighted by Crippen LogP contribution is 2.12. The highest BCUT2D eigenvalue weighted by molar-refractivity contribution is 5.86. The summed E-state index contributed by atoms with van der Waals surface area (Å²) in [6.45, 7) is 4.34. The van der Waals surface area contributed by atoms with Gasteiger partial charge >= 0.3 is 0 Å². The van der Waals surface area contributed by atoms with Crippen molar-refractivity contribution in [2.45, 2.75) is 12.8 Å². The first kappa shape index (κ1) is 14.3. The largest absolute Gasteiger partial charge is 0.378 e. The van der Waals surface area contributed by atoms with Crippen LogP contribution in [0.15, 0.2) is 0 Å². The number of piperidine rings is 1. The van der Waals surface area contributed by atoms with E-state index in [-0.39, 0.29) is 24.3 Å². The van der Waals surface area contributed by atoms with Gasteiger partial charge in [-0.3, -0.25) is 9.59 Å². The lowest BCUT2D eigenvalue weighted by atomic mass is 9.98. The van der Waals surface area contributed by atoms with Crippen LogP contribution >= 0.6 is 0 Å². The van der Waals surface area contributed by atoms with Gasteiger partial charge in [-0.25, -0.2) is 0 Å². The van der Waals surface area contributed by atoms with Crippen molar-refractivity contribution in [2.75, 3.05) is 53.0 Å². The van der Waals surface area contributed by atoms with E-state index in [1.807, 2.05) is 0 Å². The summed E-state index contributed by atoms with van der Waals surface area (Å²) < 4.78 is 5.21. The summed E-state index contributed by atoms with van der Waals surface area (Å²) in [5, 5.41) is 3.23. The maximum atomic E-state index is 12.2. The topological polar surface area (TPSA) is 61.9 Å². The summed E-state index contributed by atoms with van der Waals surface area (Å²) in [6, 6.07) is 0. The lowest BCUT2D eigenvalue weighted by Crippen LogP contribution is -2.48. The van der Waals surface area contributed by atoms with Gasteiger partial charge in [-0.05, 0) is 19.4 Å². The Morgan fingerprint density at radius 1 is 1.37 bits per heavy atom. The molecular formula is C13H23N3O3. The molecule has 19 heavy (non-hydrogen) atoms. The molecule has 6 nitrogen and oxygen atoms in total. The first-order valence-corrected chi connectivity index (χ1v) is 6.99. The summed E-state index contributed by atoms with van der Waals surface area (Å²) in [4.78, 5) is 27.6. The Morgan fingerprint density at radius 3 is 2.74 bits per heavy atom. The van der Waals surface area contributed by atoms with Crippen LogP contribution in [0.1, 0.15) is 12.8 Å². The highest BCUT2D eigenvalue weighted by Gasteiger charge is 2.26. The second-order valence-corrected chi connectivity index (χ2v) is 5.23. The Hall–Kier alpha value is -1.14. The Kier molecular flexibility index (Phi) is 5.15. The minimum atomic E-state index is 0.0166. The van der Waals surface area contributed by atoms with Crippen LogP contribution in [-0.2, 0) is 14.3 Å². The van der Waals surface area contributed by atoms with Crippen LogP contribution in [0.25, 0.3) is 0 Å². The van der Waals surface area contributed by atoms with Gasteiger partial charge in [-0.1, -0.05) is 0 Å². The predicted molar refractivity (Wildman–Crippen MR) is 70.6 cm³/mol. The molecule has 0 aromatic rings. The molecule has 2 saturated heterocycles. The molecule has 1 atom stereocenters. The maximum Gasteiger partial charge on any atom is 0.242 e. The van der Waals surface area contributed by atoms with Crippen molar-refractivity contribution < 1.29 is 14.3 Å². The van der Waals surface area contributed by atoms with E-state index in [0.29, 0.717) is 26.3 Å². The molecule has 0 saturated carbocycles. The number of carbonyl (C=O) groups excluding carboxylic acids is 2. The number of nitrogens with one attached hydrogen (secondary N) is 1. The van der Waals surface area contributed by atoms with Gasteiger partial charge in [0.05, 0.1) is 25.7 Å². The van der Waals surface area contributed by atoms with Crippen LogP contribution in [0.2, 0.25) is 0 Å². The van der Waals surface area contributed by atoms with Gasteiger partial charge in [-0.2, -0.15) is 0 Å². The zero-order valence-electron chi connectivity index (χ0n) is 11.6. The molecule has 2 fully saturated rings. The van der Waals surface area contributed by atoms with Gasteiger partial charge < -0.3 is 19.9 Å². The molecule has 6 heteroatoms. The van der Waals surface area contributed by atoms with E-state index in [0.717, 1.165) is 25.9 Å². The standard InChI is InChI=1S/C13H23N3O3/c1-15(13(18)11-3-2-4-14-9-11)10-12(17)16-5-7-19-8-6-16/h11,14H,2-10H2,1H3. The number of rotatable bonds is 3. The van der Waals surface area contributed by atoms with Crippen molar-refractivity contribution in [2.24, 2.45) is 5.92 Å². The van der Waals surface area contributed by atoms with Crippen LogP contribution in [0.3, 0.4) is 0 Å². The highest BCUT2D eigenvalue weighted by atomic mass is 16.5. The van der Waals surface area contributed by atoms with E-state index in [1.165, 1.54) is 0 Å². The Morgan fingerprint density at radius 2 is 2.11 bits per heavy atom. The first-order valence-electron chi connectivity index (χ1n) is 6.99. The van der Waals surface area contributed by atoms with Gasteiger partial charge in [0.15, 0.2) is 0 Å². The van der Waals surface area contributed by atoms with Gasteiger partial charge in [-0.15, -0.1) is 0 Å². The Bertz CT molecular complexity index is 323. The fourth-order valence-electron chi connectivity index (χ4n) is 2.57. The smallest absolute Gasteiger partial charge is 0.242 e. The van der Waals surface area contributed by atoms with E-state index in [9.17, 15) is 9.59 Å². The van der Waals surface area contributed by atoms with E-state index in [4.69, 9.17) is 4.74 Å². The number of hydrogen-bond donors (Lipinski definition) is 1. The molecule has 0 aromatic carbocycles. The second kappa shape index (κ2) is 6.86. The fourth-order valence-corrected chi connectivity index (χ4v) is 2.57. The van der Waals surface area contributed by atoms with E-state index >= 15 is 0 Å². The molecule has 0 bridgehead atoms. The Balaban J connectivity index is 1.80. The van der Waals surface area contributed by atoms with Crippen molar-refractivity contribution >= 4 is 11.8 Å². The number of amides is 2. The Labute approximate surface area is 114 Å². The van der Waals surface area contributed by atoms with Gasteiger partial charge in [0.25, 0.3) is 0 Å². The molecule has 0 radical (unpaired) electrons. The molecule has 0 spiro atoms. The zero-order valence-corrected chi connectivity index (χ0v) is 11.6. The minimum absolute atomic E-state index is 0.0166. The molecule has 2 aliphatic heterocycles. The number of carbonyl (C=O) groups is 2. The molecule has 2 rings (SSSR count). The quantitative estimate of drug-likeness (QED) is 0.736. The second-order valence-electron chi connectivity index (χ2n) is 5.23. The lowest BCUT2D eigenvalue weighted by Gasteiger charge is -2.30. The molecule has 1 unspecified atom stereocenters. The van der Waals surface area contributed by atoms with Crippen molar-refractivity contribution in [3.8, 4) is 0 Å². The number of nitrogens with zero attached hydrogens (tertiary/aromatic N) is 2. The molecule has 0 aliphatic carbocycles. The van der Waals surface area contributed by atoms with Gasteiger partial charge in [0.2, 0.25) is 11.8 Å².